The second-order valence-corrected chi connectivity index (χ2v) is 19.0. The maximum Gasteiger partial charge on any atom is 0.408 e. The molecule has 1 heterocycles. The number of alkyl carbamates (subject to hydrolysis) is 1. The van der Waals surface area contributed by atoms with Crippen molar-refractivity contribution in [1.82, 2.24) is 25.7 Å². The Kier molecular flexibility index (Phi) is 15.6. The largest absolute Gasteiger partial charge is 0.497 e. The zero-order valence-corrected chi connectivity index (χ0v) is 38.8. The van der Waals surface area contributed by atoms with E-state index in [9.17, 15) is 27.6 Å². The third-order valence-electron chi connectivity index (χ3n) is 10.1. The van der Waals surface area contributed by atoms with Crippen molar-refractivity contribution in [3.8, 4) is 28.5 Å². The molecule has 0 radical (unpaired) electrons. The second kappa shape index (κ2) is 20.7. The number of aromatic nitrogens is 1. The Morgan fingerprint density at radius 1 is 0.754 bits per heavy atom. The number of ether oxygens (including phenoxy) is 3. The van der Waals surface area contributed by atoms with Crippen molar-refractivity contribution < 1.29 is 41.8 Å². The number of sulfonamides is 1. The molecule has 342 valence electrons. The van der Waals surface area contributed by atoms with Crippen molar-refractivity contribution in [3.63, 3.8) is 0 Å². The number of hydrogen-bond acceptors (Lipinski definition) is 10. The fraction of sp³-hybridized carbons (Fsp3) is 0.300. The maximum absolute atomic E-state index is 14.6. The highest BCUT2D eigenvalue weighted by atomic mass is 32.2. The van der Waals surface area contributed by atoms with E-state index in [1.165, 1.54) is 24.3 Å². The highest BCUT2D eigenvalue weighted by Gasteiger charge is 2.38. The Bertz CT molecular complexity index is 2690. The van der Waals surface area contributed by atoms with Crippen LogP contribution in [0.1, 0.15) is 84.0 Å². The molecule has 5 aromatic rings. The Labute approximate surface area is 380 Å². The van der Waals surface area contributed by atoms with Gasteiger partial charge in [-0.1, -0.05) is 114 Å². The van der Waals surface area contributed by atoms with Crippen LogP contribution in [0.5, 0.6) is 17.2 Å². The number of amides is 4. The molecule has 4 aromatic carbocycles. The molecule has 0 aliphatic rings. The lowest BCUT2D eigenvalue weighted by atomic mass is 9.86. The van der Waals surface area contributed by atoms with Crippen LogP contribution >= 0.6 is 0 Å². The van der Waals surface area contributed by atoms with Gasteiger partial charge in [0.25, 0.3) is 15.9 Å². The van der Waals surface area contributed by atoms with Gasteiger partial charge >= 0.3 is 6.09 Å². The summed E-state index contributed by atoms with van der Waals surface area (Å²) in [5.41, 5.74) is 1.33. The summed E-state index contributed by atoms with van der Waals surface area (Å²) in [6.45, 7) is 19.7. The number of pyridine rings is 1. The SMILES string of the molecule is C=Cc1cc([C@H](NC(=O)[C@@H](NC(=O)OC(C)(C)C)C(C)(C)C)C(=O)N[C@@H](CCC)C(=O)NS(=O)(=O)c2ccccc2C=C)ccc1Oc1cc(-c2ccccc2)nc2cc(OC)ccc12. The van der Waals surface area contributed by atoms with E-state index in [4.69, 9.17) is 19.2 Å². The Balaban J connectivity index is 1.55. The monoisotopic (exact) mass is 903 g/mol. The first-order valence-electron chi connectivity index (χ1n) is 21.0. The number of nitrogens with one attached hydrogen (secondary N) is 4. The number of fused-ring (bicyclic) bond motifs is 1. The number of carbonyl (C=O) groups is 4. The molecular formula is C50H57N5O9S. The number of methoxy groups -OCH3 is 1. The van der Waals surface area contributed by atoms with Crippen molar-refractivity contribution >= 4 is 56.9 Å². The van der Waals surface area contributed by atoms with Crippen LogP contribution in [0, 0.1) is 5.41 Å². The van der Waals surface area contributed by atoms with E-state index in [0.717, 1.165) is 5.56 Å². The average molecular weight is 904 g/mol. The summed E-state index contributed by atoms with van der Waals surface area (Å²) in [6.07, 6.45) is 2.46. The summed E-state index contributed by atoms with van der Waals surface area (Å²) in [5.74, 6) is -1.14. The molecular weight excluding hydrogens is 847 g/mol. The summed E-state index contributed by atoms with van der Waals surface area (Å²) >= 11 is 0. The predicted octanol–water partition coefficient (Wildman–Crippen LogP) is 8.88. The molecule has 0 fully saturated rings. The van der Waals surface area contributed by atoms with Gasteiger partial charge in [-0.15, -0.1) is 0 Å². The number of hydrogen-bond donors (Lipinski definition) is 4. The van der Waals surface area contributed by atoms with Crippen LogP contribution in [-0.4, -0.2) is 62.0 Å². The fourth-order valence-electron chi connectivity index (χ4n) is 6.85. The third kappa shape index (κ3) is 12.6. The highest BCUT2D eigenvalue weighted by Crippen LogP contribution is 2.37. The number of benzene rings is 4. The van der Waals surface area contributed by atoms with Gasteiger partial charge in [0.1, 0.15) is 41.0 Å². The normalized spacial score (nSPS) is 13.0. The summed E-state index contributed by atoms with van der Waals surface area (Å²) in [5, 5.41) is 8.80. The van der Waals surface area contributed by atoms with Crippen molar-refractivity contribution in [3.05, 3.63) is 127 Å². The quantitative estimate of drug-likeness (QED) is 0.0701. The molecule has 4 amide bonds. The van der Waals surface area contributed by atoms with Crippen molar-refractivity contribution in [2.75, 3.05) is 7.11 Å². The lowest BCUT2D eigenvalue weighted by Gasteiger charge is -2.33. The van der Waals surface area contributed by atoms with Gasteiger partial charge in [0, 0.05) is 28.6 Å². The third-order valence-corrected chi connectivity index (χ3v) is 11.5. The van der Waals surface area contributed by atoms with Gasteiger partial charge < -0.3 is 30.2 Å². The number of carbonyl (C=O) groups excluding carboxylic acids is 4. The van der Waals surface area contributed by atoms with Gasteiger partial charge in [0.15, 0.2) is 0 Å². The van der Waals surface area contributed by atoms with E-state index in [1.54, 1.807) is 92.0 Å². The maximum atomic E-state index is 14.6. The van der Waals surface area contributed by atoms with E-state index < -0.39 is 63.0 Å². The van der Waals surface area contributed by atoms with Crippen LogP contribution in [0.2, 0.25) is 0 Å². The second-order valence-electron chi connectivity index (χ2n) is 17.3. The Hall–Kier alpha value is -7.00. The molecule has 5 rings (SSSR count). The van der Waals surface area contributed by atoms with Gasteiger partial charge in [-0.05, 0) is 74.1 Å². The fourth-order valence-corrected chi connectivity index (χ4v) is 8.09. The Morgan fingerprint density at radius 3 is 2.06 bits per heavy atom. The van der Waals surface area contributed by atoms with E-state index >= 15 is 0 Å². The molecule has 65 heavy (non-hydrogen) atoms. The first kappa shape index (κ1) is 49.0. The molecule has 4 N–H and O–H groups in total. The average Bonchev–Trinajstić information content (AvgIpc) is 3.26. The van der Waals surface area contributed by atoms with E-state index in [0.29, 0.717) is 45.8 Å². The molecule has 0 saturated carbocycles. The van der Waals surface area contributed by atoms with Gasteiger partial charge in [-0.25, -0.2) is 22.9 Å². The molecule has 14 nitrogen and oxygen atoms in total. The first-order chi connectivity index (χ1) is 30.7. The van der Waals surface area contributed by atoms with E-state index in [-0.39, 0.29) is 22.4 Å². The topological polar surface area (TPSA) is 191 Å². The predicted molar refractivity (Wildman–Crippen MR) is 253 cm³/mol. The minimum atomic E-state index is -4.40. The molecule has 0 spiro atoms. The lowest BCUT2D eigenvalue weighted by molar-refractivity contribution is -0.133. The summed E-state index contributed by atoms with van der Waals surface area (Å²) in [4.78, 5) is 60.4. The van der Waals surface area contributed by atoms with Crippen molar-refractivity contribution in [2.24, 2.45) is 5.41 Å². The van der Waals surface area contributed by atoms with Gasteiger partial charge in [-0.3, -0.25) is 14.4 Å². The Morgan fingerprint density at radius 2 is 1.43 bits per heavy atom. The molecule has 3 atom stereocenters. The van der Waals surface area contributed by atoms with Crippen LogP contribution in [0.4, 0.5) is 4.79 Å². The molecule has 0 saturated heterocycles. The van der Waals surface area contributed by atoms with E-state index in [2.05, 4.69) is 33.8 Å². The summed E-state index contributed by atoms with van der Waals surface area (Å²) in [6, 6.07) is 23.6. The molecule has 1 aromatic heterocycles. The highest BCUT2D eigenvalue weighted by molar-refractivity contribution is 7.90. The van der Waals surface area contributed by atoms with Crippen molar-refractivity contribution in [2.45, 2.75) is 89.9 Å². The van der Waals surface area contributed by atoms with Crippen LogP contribution in [0.15, 0.2) is 115 Å². The number of nitrogens with zero attached hydrogens (tertiary/aromatic N) is 1. The molecule has 0 aliphatic carbocycles. The lowest BCUT2D eigenvalue weighted by Crippen LogP contribution is -2.57. The zero-order valence-electron chi connectivity index (χ0n) is 38.0. The molecule has 0 bridgehead atoms. The number of rotatable bonds is 17. The zero-order chi connectivity index (χ0) is 47.7. The molecule has 0 aliphatic heterocycles. The summed E-state index contributed by atoms with van der Waals surface area (Å²) < 4.78 is 46.6. The molecule has 0 unspecified atom stereocenters. The van der Waals surface area contributed by atoms with Crippen LogP contribution in [-0.2, 0) is 29.1 Å². The standard InChI is InChI=1S/C50H57N5O9S/c1-11-19-37(45(56)55-65(60,61)42-23-18-17-20-31(42)12-2)52-46(57)43(53-47(58)44(49(4,5)6)54-48(59)64-50(7,8)9)34-24-27-40(32(13-3)28-34)63-41-30-38(33-21-15-14-16-22-33)51-39-29-35(62-10)25-26-36(39)41/h12-18,20-30,37,43-44H,2-3,11,19H2,1,4-10H3,(H,52,57)(H,53,58)(H,54,59)(H,55,56)/t37-,43-,44+/m0/s1. The summed E-state index contributed by atoms with van der Waals surface area (Å²) in [7, 11) is -2.83. The van der Waals surface area contributed by atoms with Crippen LogP contribution in [0.3, 0.4) is 0 Å². The minimum Gasteiger partial charge on any atom is -0.497 e. The van der Waals surface area contributed by atoms with Crippen LogP contribution in [0.25, 0.3) is 34.3 Å². The van der Waals surface area contributed by atoms with Gasteiger partial charge in [0.2, 0.25) is 11.8 Å². The smallest absolute Gasteiger partial charge is 0.408 e. The van der Waals surface area contributed by atoms with Gasteiger partial charge in [0.05, 0.1) is 23.2 Å². The van der Waals surface area contributed by atoms with E-state index in [1.807, 2.05) is 48.5 Å². The molecule has 15 heteroatoms. The van der Waals surface area contributed by atoms with Crippen molar-refractivity contribution in [1.29, 1.82) is 0 Å². The first-order valence-corrected chi connectivity index (χ1v) is 22.5. The minimum absolute atomic E-state index is 0.0447. The van der Waals surface area contributed by atoms with Crippen LogP contribution < -0.4 is 30.1 Å². The van der Waals surface area contributed by atoms with Gasteiger partial charge in [-0.2, -0.15) is 0 Å².